The van der Waals surface area contributed by atoms with Gasteiger partial charge in [0.15, 0.2) is 0 Å². The minimum atomic E-state index is 0.357. The van der Waals surface area contributed by atoms with Gasteiger partial charge in [-0.1, -0.05) is 0 Å². The largest absolute Gasteiger partial charge is 0.310 e. The predicted molar refractivity (Wildman–Crippen MR) is 73.4 cm³/mol. The normalized spacial score (nSPS) is 31.9. The highest BCUT2D eigenvalue weighted by molar-refractivity contribution is 4.91. The van der Waals surface area contributed by atoms with Gasteiger partial charge in [0, 0.05) is 50.3 Å². The van der Waals surface area contributed by atoms with E-state index in [1.54, 1.807) is 0 Å². The fourth-order valence-electron chi connectivity index (χ4n) is 3.04. The van der Waals surface area contributed by atoms with E-state index in [0.29, 0.717) is 11.6 Å². The van der Waals surface area contributed by atoms with Gasteiger partial charge >= 0.3 is 0 Å². The molecule has 0 radical (unpaired) electrons. The zero-order valence-corrected chi connectivity index (χ0v) is 12.0. The van der Waals surface area contributed by atoms with Crippen LogP contribution >= 0.6 is 0 Å². The van der Waals surface area contributed by atoms with Crippen molar-refractivity contribution in [3.8, 4) is 0 Å². The van der Waals surface area contributed by atoms with Crippen LogP contribution in [0.5, 0.6) is 0 Å². The van der Waals surface area contributed by atoms with Crippen molar-refractivity contribution in [2.45, 2.75) is 58.2 Å². The lowest BCUT2D eigenvalue weighted by Crippen LogP contribution is -2.58. The maximum absolute atomic E-state index is 3.68. The average molecular weight is 239 g/mol. The molecule has 2 rings (SSSR count). The molecule has 1 unspecified atom stereocenters. The Morgan fingerprint density at radius 2 is 1.76 bits per heavy atom. The summed E-state index contributed by atoms with van der Waals surface area (Å²) in [6.45, 7) is 15.4. The molecule has 3 heteroatoms. The van der Waals surface area contributed by atoms with Crippen LogP contribution in [-0.2, 0) is 0 Å². The van der Waals surface area contributed by atoms with E-state index in [-0.39, 0.29) is 0 Å². The second-order valence-corrected chi connectivity index (χ2v) is 6.62. The highest BCUT2D eigenvalue weighted by Gasteiger charge is 2.31. The second-order valence-electron chi connectivity index (χ2n) is 6.62. The van der Waals surface area contributed by atoms with Crippen LogP contribution in [0.4, 0.5) is 0 Å². The molecular weight excluding hydrogens is 210 g/mol. The molecule has 0 aromatic carbocycles. The van der Waals surface area contributed by atoms with Gasteiger partial charge in [0.2, 0.25) is 0 Å². The third-order valence-electron chi connectivity index (χ3n) is 4.51. The van der Waals surface area contributed by atoms with E-state index >= 15 is 0 Å². The Morgan fingerprint density at radius 1 is 1.12 bits per heavy atom. The molecule has 3 nitrogen and oxygen atoms in total. The number of piperidine rings is 1. The Kier molecular flexibility index (Phi) is 4.11. The second kappa shape index (κ2) is 5.25. The zero-order valence-electron chi connectivity index (χ0n) is 12.0. The van der Waals surface area contributed by atoms with E-state index in [9.17, 15) is 0 Å². The molecule has 1 atom stereocenters. The van der Waals surface area contributed by atoms with Crippen LogP contribution in [-0.4, -0.2) is 60.1 Å². The highest BCUT2D eigenvalue weighted by Crippen LogP contribution is 2.22. The molecule has 0 saturated carbocycles. The van der Waals surface area contributed by atoms with Crippen molar-refractivity contribution in [2.75, 3.05) is 32.7 Å². The van der Waals surface area contributed by atoms with Crippen molar-refractivity contribution >= 4 is 0 Å². The number of nitrogens with one attached hydrogen (secondary N) is 1. The lowest BCUT2D eigenvalue weighted by molar-refractivity contribution is 0.0577. The van der Waals surface area contributed by atoms with Crippen molar-refractivity contribution in [2.24, 2.45) is 0 Å². The third kappa shape index (κ3) is 3.43. The molecule has 1 N–H and O–H groups in total. The van der Waals surface area contributed by atoms with Gasteiger partial charge < -0.3 is 5.32 Å². The van der Waals surface area contributed by atoms with Gasteiger partial charge in [-0.15, -0.1) is 0 Å². The van der Waals surface area contributed by atoms with Crippen LogP contribution in [0.15, 0.2) is 0 Å². The van der Waals surface area contributed by atoms with E-state index < -0.39 is 0 Å². The van der Waals surface area contributed by atoms with Crippen molar-refractivity contribution < 1.29 is 0 Å². The summed E-state index contributed by atoms with van der Waals surface area (Å²) in [4.78, 5) is 5.29. The first kappa shape index (κ1) is 13.3. The van der Waals surface area contributed by atoms with E-state index in [1.165, 1.54) is 45.6 Å². The molecule has 0 amide bonds. The fourth-order valence-corrected chi connectivity index (χ4v) is 3.04. The Labute approximate surface area is 107 Å². The van der Waals surface area contributed by atoms with Crippen LogP contribution in [0.25, 0.3) is 0 Å². The van der Waals surface area contributed by atoms with E-state index in [0.717, 1.165) is 6.04 Å². The van der Waals surface area contributed by atoms with Crippen molar-refractivity contribution in [3.63, 3.8) is 0 Å². The van der Waals surface area contributed by atoms with Crippen LogP contribution in [0.1, 0.15) is 40.5 Å². The van der Waals surface area contributed by atoms with E-state index in [4.69, 9.17) is 0 Å². The molecule has 0 aromatic heterocycles. The predicted octanol–water partition coefficient (Wildman–Crippen LogP) is 1.54. The molecule has 0 aliphatic carbocycles. The summed E-state index contributed by atoms with van der Waals surface area (Å²) < 4.78 is 0. The maximum Gasteiger partial charge on any atom is 0.0222 e. The third-order valence-corrected chi connectivity index (χ3v) is 4.51. The number of rotatable bonds is 2. The van der Waals surface area contributed by atoms with Crippen LogP contribution in [0.3, 0.4) is 0 Å². The minimum Gasteiger partial charge on any atom is -0.310 e. The summed E-state index contributed by atoms with van der Waals surface area (Å²) >= 11 is 0. The first-order valence-corrected chi connectivity index (χ1v) is 7.21. The number of piperazine rings is 1. The molecule has 2 heterocycles. The smallest absolute Gasteiger partial charge is 0.0222 e. The summed E-state index contributed by atoms with van der Waals surface area (Å²) in [5.74, 6) is 0. The van der Waals surface area contributed by atoms with Crippen molar-refractivity contribution in [1.82, 2.24) is 15.1 Å². The van der Waals surface area contributed by atoms with Crippen LogP contribution < -0.4 is 5.32 Å². The molecule has 17 heavy (non-hydrogen) atoms. The van der Waals surface area contributed by atoms with Gasteiger partial charge in [0.05, 0.1) is 0 Å². The molecule has 100 valence electrons. The zero-order chi connectivity index (χ0) is 12.5. The first-order valence-electron chi connectivity index (χ1n) is 7.21. The van der Waals surface area contributed by atoms with Crippen LogP contribution in [0, 0.1) is 0 Å². The summed E-state index contributed by atoms with van der Waals surface area (Å²) in [6, 6.07) is 1.48. The maximum atomic E-state index is 3.68. The van der Waals surface area contributed by atoms with E-state index in [2.05, 4.69) is 42.8 Å². The van der Waals surface area contributed by atoms with Gasteiger partial charge in [-0.25, -0.2) is 0 Å². The van der Waals surface area contributed by atoms with Gasteiger partial charge in [0.25, 0.3) is 0 Å². The average Bonchev–Trinajstić information content (AvgIpc) is 2.29. The lowest BCUT2D eigenvalue weighted by Gasteiger charge is -2.45. The van der Waals surface area contributed by atoms with Gasteiger partial charge in [-0.3, -0.25) is 9.80 Å². The molecule has 0 aromatic rings. The van der Waals surface area contributed by atoms with Crippen molar-refractivity contribution in [3.05, 3.63) is 0 Å². The summed E-state index contributed by atoms with van der Waals surface area (Å²) in [6.07, 6.45) is 2.67. The minimum absolute atomic E-state index is 0.357. The molecule has 2 saturated heterocycles. The highest BCUT2D eigenvalue weighted by atomic mass is 15.3. The topological polar surface area (TPSA) is 18.5 Å². The van der Waals surface area contributed by atoms with Crippen molar-refractivity contribution in [1.29, 1.82) is 0 Å². The Hall–Kier alpha value is -0.120. The van der Waals surface area contributed by atoms with E-state index in [1.807, 2.05) is 0 Å². The molecule has 0 bridgehead atoms. The molecule has 0 spiro atoms. The Bertz CT molecular complexity index is 232. The quantitative estimate of drug-likeness (QED) is 0.788. The standard InChI is InChI=1S/C14H29N3/c1-12(2)16-7-9-17(10-8-16)13-5-6-14(3,4)15-11-13/h12-13,15H,5-11H2,1-4H3. The Balaban J connectivity index is 1.78. The molecule has 2 aliphatic rings. The molecular formula is C14H29N3. The van der Waals surface area contributed by atoms with Gasteiger partial charge in [-0.2, -0.15) is 0 Å². The summed E-state index contributed by atoms with van der Waals surface area (Å²) in [7, 11) is 0. The number of nitrogens with zero attached hydrogens (tertiary/aromatic N) is 2. The lowest BCUT2D eigenvalue weighted by atomic mass is 9.90. The molecule has 2 fully saturated rings. The summed E-state index contributed by atoms with van der Waals surface area (Å²) in [5, 5.41) is 3.68. The SMILES string of the molecule is CC(C)N1CCN(C2CCC(C)(C)NC2)CC1. The number of hydrogen-bond donors (Lipinski definition) is 1. The first-order chi connectivity index (χ1) is 7.98. The monoisotopic (exact) mass is 239 g/mol. The van der Waals surface area contributed by atoms with Gasteiger partial charge in [-0.05, 0) is 40.5 Å². The van der Waals surface area contributed by atoms with Crippen LogP contribution in [0.2, 0.25) is 0 Å². The molecule has 2 aliphatic heterocycles. The fraction of sp³-hybridized carbons (Fsp3) is 1.00. The van der Waals surface area contributed by atoms with Gasteiger partial charge in [0.1, 0.15) is 0 Å². The number of hydrogen-bond acceptors (Lipinski definition) is 3. The summed E-state index contributed by atoms with van der Waals surface area (Å²) in [5.41, 5.74) is 0.357. The Morgan fingerprint density at radius 3 is 2.24 bits per heavy atom.